The topological polar surface area (TPSA) is 72.7 Å². The average Bonchev–Trinajstić information content (AvgIpc) is 2.78. The third-order valence-electron chi connectivity index (χ3n) is 2.24. The second-order valence-corrected chi connectivity index (χ2v) is 4.37. The molecular weight excluding hydrogens is 254 g/mol. The third kappa shape index (κ3) is 2.84. The van der Waals surface area contributed by atoms with E-state index in [9.17, 15) is 4.79 Å². The van der Waals surface area contributed by atoms with E-state index in [1.165, 1.54) is 12.4 Å². The quantitative estimate of drug-likeness (QED) is 0.923. The van der Waals surface area contributed by atoms with Crippen molar-refractivity contribution in [3.8, 4) is 0 Å². The zero-order valence-corrected chi connectivity index (χ0v) is 10.7. The van der Waals surface area contributed by atoms with Crippen LogP contribution >= 0.6 is 11.6 Å². The first-order valence-corrected chi connectivity index (χ1v) is 5.77. The van der Waals surface area contributed by atoms with Crippen LogP contribution in [0.15, 0.2) is 24.8 Å². The maximum Gasteiger partial charge on any atom is 0.275 e. The van der Waals surface area contributed by atoms with Crippen LogP contribution in [0.5, 0.6) is 0 Å². The third-order valence-corrected chi connectivity index (χ3v) is 2.44. The first kappa shape index (κ1) is 12.5. The molecular formula is C11H12ClN5O. The lowest BCUT2D eigenvalue weighted by molar-refractivity contribution is 0.102. The zero-order chi connectivity index (χ0) is 13.1. The van der Waals surface area contributed by atoms with Crippen molar-refractivity contribution in [1.29, 1.82) is 0 Å². The minimum absolute atomic E-state index is 0.205. The summed E-state index contributed by atoms with van der Waals surface area (Å²) in [5.41, 5.74) is 0.821. The van der Waals surface area contributed by atoms with Gasteiger partial charge in [-0.3, -0.25) is 9.48 Å². The van der Waals surface area contributed by atoms with Crippen LogP contribution in [0.2, 0.25) is 5.15 Å². The van der Waals surface area contributed by atoms with Crippen LogP contribution in [0.4, 0.5) is 5.69 Å². The second-order valence-electron chi connectivity index (χ2n) is 3.98. The fraction of sp³-hybridized carbons (Fsp3) is 0.273. The highest BCUT2D eigenvalue weighted by Gasteiger charge is 2.10. The van der Waals surface area contributed by atoms with Crippen molar-refractivity contribution in [3.63, 3.8) is 0 Å². The normalized spacial score (nSPS) is 10.7. The molecule has 0 spiro atoms. The van der Waals surface area contributed by atoms with Gasteiger partial charge in [-0.1, -0.05) is 11.6 Å². The number of aromatic nitrogens is 4. The Labute approximate surface area is 109 Å². The van der Waals surface area contributed by atoms with Crippen LogP contribution < -0.4 is 5.32 Å². The van der Waals surface area contributed by atoms with Crippen LogP contribution in [-0.2, 0) is 0 Å². The van der Waals surface area contributed by atoms with E-state index in [1.54, 1.807) is 17.1 Å². The van der Waals surface area contributed by atoms with Crippen molar-refractivity contribution in [2.75, 3.05) is 5.32 Å². The van der Waals surface area contributed by atoms with Gasteiger partial charge in [0.2, 0.25) is 0 Å². The SMILES string of the molecule is CC(C)n1cc(NC(=O)c2cnc(Cl)cn2)cn1. The van der Waals surface area contributed by atoms with Gasteiger partial charge in [0, 0.05) is 12.2 Å². The molecule has 7 heteroatoms. The van der Waals surface area contributed by atoms with Crippen molar-refractivity contribution in [2.45, 2.75) is 19.9 Å². The molecule has 18 heavy (non-hydrogen) atoms. The fourth-order valence-electron chi connectivity index (χ4n) is 1.31. The van der Waals surface area contributed by atoms with Crippen molar-refractivity contribution in [1.82, 2.24) is 19.7 Å². The van der Waals surface area contributed by atoms with E-state index in [1.807, 2.05) is 13.8 Å². The van der Waals surface area contributed by atoms with E-state index in [0.29, 0.717) is 5.69 Å². The summed E-state index contributed by atoms with van der Waals surface area (Å²) in [5.74, 6) is -0.345. The summed E-state index contributed by atoms with van der Waals surface area (Å²) in [4.78, 5) is 19.5. The Bertz CT molecular complexity index is 549. The van der Waals surface area contributed by atoms with E-state index in [4.69, 9.17) is 11.6 Å². The van der Waals surface area contributed by atoms with Crippen LogP contribution in [0.1, 0.15) is 30.4 Å². The summed E-state index contributed by atoms with van der Waals surface area (Å²) in [5, 5.41) is 7.06. The lowest BCUT2D eigenvalue weighted by atomic mass is 10.4. The molecule has 2 heterocycles. The van der Waals surface area contributed by atoms with Gasteiger partial charge in [0.1, 0.15) is 10.8 Å². The minimum atomic E-state index is -0.345. The van der Waals surface area contributed by atoms with Gasteiger partial charge >= 0.3 is 0 Å². The molecule has 1 N–H and O–H groups in total. The number of hydrogen-bond acceptors (Lipinski definition) is 4. The highest BCUT2D eigenvalue weighted by atomic mass is 35.5. The maximum atomic E-state index is 11.8. The van der Waals surface area contributed by atoms with Gasteiger partial charge in [-0.15, -0.1) is 0 Å². The zero-order valence-electron chi connectivity index (χ0n) is 9.96. The Morgan fingerprint density at radius 3 is 2.67 bits per heavy atom. The van der Waals surface area contributed by atoms with Crippen LogP contribution in [0, 0.1) is 0 Å². The molecule has 0 saturated heterocycles. The Hall–Kier alpha value is -1.95. The van der Waals surface area contributed by atoms with Gasteiger partial charge in [-0.2, -0.15) is 5.10 Å². The summed E-state index contributed by atoms with van der Waals surface area (Å²) in [7, 11) is 0. The fourth-order valence-corrected chi connectivity index (χ4v) is 1.41. The molecule has 6 nitrogen and oxygen atoms in total. The first-order chi connectivity index (χ1) is 8.56. The molecule has 0 aromatic carbocycles. The molecule has 0 bridgehead atoms. The molecule has 1 amide bonds. The van der Waals surface area contributed by atoms with Gasteiger partial charge in [0.25, 0.3) is 5.91 Å². The predicted octanol–water partition coefficient (Wildman–Crippen LogP) is 2.16. The maximum absolute atomic E-state index is 11.8. The van der Waals surface area contributed by atoms with Gasteiger partial charge in [-0.05, 0) is 13.8 Å². The number of anilines is 1. The molecule has 94 valence electrons. The molecule has 0 saturated carbocycles. The Morgan fingerprint density at radius 1 is 1.33 bits per heavy atom. The first-order valence-electron chi connectivity index (χ1n) is 5.39. The van der Waals surface area contributed by atoms with Gasteiger partial charge in [-0.25, -0.2) is 9.97 Å². The number of nitrogens with one attached hydrogen (secondary N) is 1. The number of nitrogens with zero attached hydrogens (tertiary/aromatic N) is 4. The van der Waals surface area contributed by atoms with Crippen molar-refractivity contribution >= 4 is 23.2 Å². The van der Waals surface area contributed by atoms with Crippen LogP contribution in [0.3, 0.4) is 0 Å². The number of rotatable bonds is 3. The summed E-state index contributed by atoms with van der Waals surface area (Å²) in [6.07, 6.45) is 5.99. The summed E-state index contributed by atoms with van der Waals surface area (Å²) < 4.78 is 1.75. The molecule has 0 radical (unpaired) electrons. The number of carbonyl (C=O) groups excluding carboxylic acids is 1. The van der Waals surface area contributed by atoms with E-state index >= 15 is 0 Å². The smallest absolute Gasteiger partial charge is 0.275 e. The monoisotopic (exact) mass is 265 g/mol. The lowest BCUT2D eigenvalue weighted by Gasteiger charge is -2.03. The largest absolute Gasteiger partial charge is 0.318 e. The second kappa shape index (κ2) is 5.14. The van der Waals surface area contributed by atoms with Gasteiger partial charge < -0.3 is 5.32 Å². The predicted molar refractivity (Wildman–Crippen MR) is 67.6 cm³/mol. The van der Waals surface area contributed by atoms with Crippen molar-refractivity contribution in [2.24, 2.45) is 0 Å². The Morgan fingerprint density at radius 2 is 2.11 bits per heavy atom. The highest BCUT2D eigenvalue weighted by molar-refractivity contribution is 6.29. The van der Waals surface area contributed by atoms with Gasteiger partial charge in [0.05, 0.1) is 24.3 Å². The molecule has 0 aliphatic heterocycles. The lowest BCUT2D eigenvalue weighted by Crippen LogP contribution is -2.13. The minimum Gasteiger partial charge on any atom is -0.318 e. The summed E-state index contributed by atoms with van der Waals surface area (Å²) >= 11 is 5.60. The van der Waals surface area contributed by atoms with E-state index in [-0.39, 0.29) is 22.8 Å². The molecule has 0 fully saturated rings. The average molecular weight is 266 g/mol. The number of hydrogen-bond donors (Lipinski definition) is 1. The standard InChI is InChI=1S/C11H12ClN5O/c1-7(2)17-6-8(3-15-17)16-11(18)9-4-14-10(12)5-13-9/h3-7H,1-2H3,(H,16,18). The van der Waals surface area contributed by atoms with E-state index in [2.05, 4.69) is 20.4 Å². The molecule has 2 aromatic rings. The van der Waals surface area contributed by atoms with E-state index in [0.717, 1.165) is 0 Å². The molecule has 0 atom stereocenters. The molecule has 2 aromatic heterocycles. The van der Waals surface area contributed by atoms with E-state index < -0.39 is 0 Å². The molecule has 0 aliphatic rings. The van der Waals surface area contributed by atoms with Crippen molar-refractivity contribution < 1.29 is 4.79 Å². The highest BCUT2D eigenvalue weighted by Crippen LogP contribution is 2.11. The van der Waals surface area contributed by atoms with Crippen LogP contribution in [-0.4, -0.2) is 25.7 Å². The number of halogens is 1. The van der Waals surface area contributed by atoms with Crippen LogP contribution in [0.25, 0.3) is 0 Å². The molecule has 2 rings (SSSR count). The van der Waals surface area contributed by atoms with Gasteiger partial charge in [0.15, 0.2) is 0 Å². The Kier molecular flexibility index (Phi) is 3.57. The Balaban J connectivity index is 2.08. The molecule has 0 aliphatic carbocycles. The van der Waals surface area contributed by atoms with Crippen molar-refractivity contribution in [3.05, 3.63) is 35.6 Å². The number of amides is 1. The summed E-state index contributed by atoms with van der Waals surface area (Å²) in [6, 6.07) is 0.242. The molecule has 0 unspecified atom stereocenters. The number of carbonyl (C=O) groups is 1. The summed E-state index contributed by atoms with van der Waals surface area (Å²) in [6.45, 7) is 4.01.